The highest BCUT2D eigenvalue weighted by atomic mass is 15.1. The van der Waals surface area contributed by atoms with Crippen LogP contribution in [0.4, 0.5) is 0 Å². The van der Waals surface area contributed by atoms with Gasteiger partial charge in [0.1, 0.15) is 0 Å². The molecule has 1 aromatic rings. The lowest BCUT2D eigenvalue weighted by Gasteiger charge is -2.38. The summed E-state index contributed by atoms with van der Waals surface area (Å²) in [4.78, 5) is 2.44. The van der Waals surface area contributed by atoms with Gasteiger partial charge in [0, 0.05) is 6.54 Å². The number of nitrogens with one attached hydrogen (secondary N) is 1. The minimum absolute atomic E-state index is 0.502. The van der Waals surface area contributed by atoms with Gasteiger partial charge < -0.3 is 10.2 Å². The van der Waals surface area contributed by atoms with E-state index in [0.717, 1.165) is 6.54 Å². The largest absolute Gasteiger partial charge is 0.316 e. The lowest BCUT2D eigenvalue weighted by Crippen LogP contribution is -2.42. The highest BCUT2D eigenvalue weighted by Crippen LogP contribution is 2.29. The number of benzene rings is 1. The second kappa shape index (κ2) is 7.24. The van der Waals surface area contributed by atoms with Gasteiger partial charge in [-0.2, -0.15) is 0 Å². The Morgan fingerprint density at radius 2 is 1.85 bits per heavy atom. The van der Waals surface area contributed by atoms with Crippen LogP contribution in [0.5, 0.6) is 0 Å². The van der Waals surface area contributed by atoms with Crippen LogP contribution in [0.15, 0.2) is 30.3 Å². The normalized spacial score (nSPS) is 20.8. The first kappa shape index (κ1) is 15.5. The molecule has 1 atom stereocenters. The van der Waals surface area contributed by atoms with Crippen molar-refractivity contribution >= 4 is 0 Å². The zero-order valence-corrected chi connectivity index (χ0v) is 13.4. The molecule has 1 aliphatic heterocycles. The van der Waals surface area contributed by atoms with E-state index in [1.807, 2.05) is 0 Å². The molecule has 0 amide bonds. The fourth-order valence-electron chi connectivity index (χ4n) is 2.99. The molecule has 1 N–H and O–H groups in total. The lowest BCUT2D eigenvalue weighted by atomic mass is 9.80. The molecule has 0 aromatic heterocycles. The molecule has 2 rings (SSSR count). The first-order valence-electron chi connectivity index (χ1n) is 8.03. The van der Waals surface area contributed by atoms with E-state index in [2.05, 4.69) is 61.4 Å². The third-order valence-electron chi connectivity index (χ3n) is 4.87. The third kappa shape index (κ3) is 4.60. The molecular formula is C18H30N2. The fourth-order valence-corrected chi connectivity index (χ4v) is 2.99. The lowest BCUT2D eigenvalue weighted by molar-refractivity contribution is 0.137. The van der Waals surface area contributed by atoms with Crippen molar-refractivity contribution in [1.29, 1.82) is 0 Å². The number of nitrogens with zero attached hydrogens (tertiary/aromatic N) is 1. The van der Waals surface area contributed by atoms with Crippen LogP contribution in [0.25, 0.3) is 0 Å². The highest BCUT2D eigenvalue weighted by molar-refractivity contribution is 5.18. The van der Waals surface area contributed by atoms with Gasteiger partial charge in [-0.25, -0.2) is 0 Å². The standard InChI is InChI=1S/C18H30N2/c1-16(17-7-5-4-6-8-17)9-12-19-15-18(2)10-13-20(3)14-11-18/h4-8,16,19H,9-15H2,1-3H3. The van der Waals surface area contributed by atoms with Crippen LogP contribution >= 0.6 is 0 Å². The molecule has 1 aliphatic rings. The topological polar surface area (TPSA) is 15.3 Å². The van der Waals surface area contributed by atoms with E-state index < -0.39 is 0 Å². The van der Waals surface area contributed by atoms with Crippen LogP contribution < -0.4 is 5.32 Å². The Labute approximate surface area is 124 Å². The molecule has 1 heterocycles. The Morgan fingerprint density at radius 3 is 2.50 bits per heavy atom. The van der Waals surface area contributed by atoms with E-state index in [0.29, 0.717) is 11.3 Å². The Bertz CT molecular complexity index is 380. The molecule has 1 aromatic carbocycles. The predicted molar refractivity (Wildman–Crippen MR) is 87.2 cm³/mol. The smallest absolute Gasteiger partial charge is 0.000612 e. The third-order valence-corrected chi connectivity index (χ3v) is 4.87. The molecule has 0 radical (unpaired) electrons. The van der Waals surface area contributed by atoms with Gasteiger partial charge in [-0.05, 0) is 62.8 Å². The molecule has 0 spiro atoms. The molecule has 0 aliphatic carbocycles. The molecule has 1 unspecified atom stereocenters. The van der Waals surface area contributed by atoms with Gasteiger partial charge in [0.2, 0.25) is 0 Å². The summed E-state index contributed by atoms with van der Waals surface area (Å²) in [6.45, 7) is 9.56. The maximum absolute atomic E-state index is 3.69. The van der Waals surface area contributed by atoms with Crippen molar-refractivity contribution in [1.82, 2.24) is 10.2 Å². The predicted octanol–water partition coefficient (Wildman–Crippen LogP) is 3.50. The zero-order chi connectivity index (χ0) is 14.4. The summed E-state index contributed by atoms with van der Waals surface area (Å²) in [5.41, 5.74) is 1.96. The second-order valence-corrected chi connectivity index (χ2v) is 6.89. The summed E-state index contributed by atoms with van der Waals surface area (Å²) >= 11 is 0. The molecular weight excluding hydrogens is 244 g/mol. The first-order valence-corrected chi connectivity index (χ1v) is 8.03. The zero-order valence-electron chi connectivity index (χ0n) is 13.4. The van der Waals surface area contributed by atoms with Gasteiger partial charge in [0.25, 0.3) is 0 Å². The van der Waals surface area contributed by atoms with E-state index in [4.69, 9.17) is 0 Å². The maximum Gasteiger partial charge on any atom is 0.000612 e. The van der Waals surface area contributed by atoms with Crippen LogP contribution in [0.1, 0.15) is 44.6 Å². The molecule has 2 heteroatoms. The number of piperidine rings is 1. The summed E-state index contributed by atoms with van der Waals surface area (Å²) in [6.07, 6.45) is 3.87. The number of hydrogen-bond acceptors (Lipinski definition) is 2. The van der Waals surface area contributed by atoms with Gasteiger partial charge in [0.05, 0.1) is 0 Å². The van der Waals surface area contributed by atoms with Crippen molar-refractivity contribution in [2.45, 2.75) is 39.0 Å². The summed E-state index contributed by atoms with van der Waals surface area (Å²) in [6, 6.07) is 10.8. The second-order valence-electron chi connectivity index (χ2n) is 6.89. The van der Waals surface area contributed by atoms with Gasteiger partial charge in [-0.1, -0.05) is 44.2 Å². The average Bonchev–Trinajstić information content (AvgIpc) is 2.48. The average molecular weight is 274 g/mol. The van der Waals surface area contributed by atoms with Gasteiger partial charge >= 0.3 is 0 Å². The van der Waals surface area contributed by atoms with Crippen molar-refractivity contribution in [3.63, 3.8) is 0 Å². The van der Waals surface area contributed by atoms with E-state index in [9.17, 15) is 0 Å². The minimum Gasteiger partial charge on any atom is -0.316 e. The van der Waals surface area contributed by atoms with E-state index in [1.54, 1.807) is 0 Å². The fraction of sp³-hybridized carbons (Fsp3) is 0.667. The Balaban J connectivity index is 1.66. The Hall–Kier alpha value is -0.860. The van der Waals surface area contributed by atoms with E-state index >= 15 is 0 Å². The molecule has 2 nitrogen and oxygen atoms in total. The van der Waals surface area contributed by atoms with E-state index in [1.165, 1.54) is 44.5 Å². The van der Waals surface area contributed by atoms with Crippen molar-refractivity contribution in [2.75, 3.05) is 33.2 Å². The van der Waals surface area contributed by atoms with Crippen LogP contribution in [0.2, 0.25) is 0 Å². The van der Waals surface area contributed by atoms with Crippen molar-refractivity contribution in [3.05, 3.63) is 35.9 Å². The Kier molecular flexibility index (Phi) is 5.62. The van der Waals surface area contributed by atoms with Gasteiger partial charge in [-0.15, -0.1) is 0 Å². The van der Waals surface area contributed by atoms with Crippen molar-refractivity contribution in [2.24, 2.45) is 5.41 Å². The van der Waals surface area contributed by atoms with Gasteiger partial charge in [-0.3, -0.25) is 0 Å². The van der Waals surface area contributed by atoms with Crippen LogP contribution in [0.3, 0.4) is 0 Å². The van der Waals surface area contributed by atoms with Crippen molar-refractivity contribution in [3.8, 4) is 0 Å². The highest BCUT2D eigenvalue weighted by Gasteiger charge is 2.28. The van der Waals surface area contributed by atoms with Crippen LogP contribution in [-0.4, -0.2) is 38.1 Å². The molecule has 0 bridgehead atoms. The summed E-state index contributed by atoms with van der Waals surface area (Å²) in [5.74, 6) is 0.647. The van der Waals surface area contributed by atoms with Gasteiger partial charge in [0.15, 0.2) is 0 Å². The number of likely N-dealkylation sites (tertiary alicyclic amines) is 1. The van der Waals surface area contributed by atoms with Crippen LogP contribution in [-0.2, 0) is 0 Å². The quantitative estimate of drug-likeness (QED) is 0.799. The number of rotatable bonds is 6. The molecule has 20 heavy (non-hydrogen) atoms. The van der Waals surface area contributed by atoms with Crippen molar-refractivity contribution < 1.29 is 0 Å². The Morgan fingerprint density at radius 1 is 1.20 bits per heavy atom. The number of hydrogen-bond donors (Lipinski definition) is 1. The summed E-state index contributed by atoms with van der Waals surface area (Å²) in [7, 11) is 2.23. The monoisotopic (exact) mass is 274 g/mol. The molecule has 1 fully saturated rings. The minimum atomic E-state index is 0.502. The first-order chi connectivity index (χ1) is 9.59. The summed E-state index contributed by atoms with van der Waals surface area (Å²) < 4.78 is 0. The molecule has 112 valence electrons. The SMILES string of the molecule is CC(CCNCC1(C)CCN(C)CC1)c1ccccc1. The summed E-state index contributed by atoms with van der Waals surface area (Å²) in [5, 5.41) is 3.69. The molecule has 1 saturated heterocycles. The maximum atomic E-state index is 3.69. The molecule has 0 saturated carbocycles. The van der Waals surface area contributed by atoms with Crippen LogP contribution in [0, 0.1) is 5.41 Å². The van der Waals surface area contributed by atoms with E-state index in [-0.39, 0.29) is 0 Å².